The average Bonchev–Trinajstić information content (AvgIpc) is 2.44. The minimum absolute atomic E-state index is 0.00413. The predicted molar refractivity (Wildman–Crippen MR) is 82.9 cm³/mol. The highest BCUT2D eigenvalue weighted by molar-refractivity contribution is 5.88. The molecule has 0 saturated heterocycles. The van der Waals surface area contributed by atoms with E-state index in [9.17, 15) is 9.59 Å². The topological polar surface area (TPSA) is 69.6 Å². The number of amides is 1. The number of carbonyl (C=O) groups is 2. The van der Waals surface area contributed by atoms with Crippen LogP contribution in [0.4, 0.5) is 0 Å². The Hall–Kier alpha value is -0.940. The van der Waals surface area contributed by atoms with Gasteiger partial charge >= 0.3 is 0 Å². The Morgan fingerprint density at radius 2 is 1.81 bits per heavy atom. The van der Waals surface area contributed by atoms with Gasteiger partial charge in [0, 0.05) is 12.6 Å². The van der Waals surface area contributed by atoms with Gasteiger partial charge in [-0.05, 0) is 51.5 Å². The van der Waals surface area contributed by atoms with Crippen molar-refractivity contribution in [2.75, 3.05) is 20.2 Å². The predicted octanol–water partition coefficient (Wildman–Crippen LogP) is 1.20. The molecule has 1 unspecified atom stereocenters. The summed E-state index contributed by atoms with van der Waals surface area (Å²) < 4.78 is 0. The van der Waals surface area contributed by atoms with Gasteiger partial charge in [0.25, 0.3) is 0 Å². The highest BCUT2D eigenvalue weighted by Crippen LogP contribution is 2.26. The molecule has 1 aliphatic carbocycles. The highest BCUT2D eigenvalue weighted by Gasteiger charge is 2.26. The lowest BCUT2D eigenvalue weighted by atomic mass is 9.86. The second-order valence-corrected chi connectivity index (χ2v) is 6.67. The summed E-state index contributed by atoms with van der Waals surface area (Å²) in [5.41, 5.74) is 0. The highest BCUT2D eigenvalue weighted by atomic mass is 16.3. The van der Waals surface area contributed by atoms with Crippen LogP contribution in [0.1, 0.15) is 46.5 Å². The Kier molecular flexibility index (Phi) is 7.32. The Morgan fingerprint density at radius 1 is 1.24 bits per heavy atom. The molecule has 0 aromatic heterocycles. The van der Waals surface area contributed by atoms with Gasteiger partial charge in [0.1, 0.15) is 0 Å². The van der Waals surface area contributed by atoms with Crippen LogP contribution in [0.5, 0.6) is 0 Å². The molecule has 0 spiro atoms. The van der Waals surface area contributed by atoms with Gasteiger partial charge in [-0.2, -0.15) is 0 Å². The number of aliphatic hydroxyl groups is 1. The Labute approximate surface area is 128 Å². The van der Waals surface area contributed by atoms with Gasteiger partial charge in [-0.25, -0.2) is 0 Å². The number of carbonyl (C=O) groups excluding carboxylic acids is 2. The summed E-state index contributed by atoms with van der Waals surface area (Å²) >= 11 is 0. The number of rotatable bonds is 7. The number of likely N-dealkylation sites (N-methyl/N-ethyl adjacent to an activating group) is 1. The number of hydrogen-bond donors (Lipinski definition) is 2. The lowest BCUT2D eigenvalue weighted by Crippen LogP contribution is -2.48. The second-order valence-electron chi connectivity index (χ2n) is 6.67. The molecule has 1 saturated carbocycles. The fourth-order valence-electron chi connectivity index (χ4n) is 3.08. The maximum absolute atomic E-state index is 12.1. The Morgan fingerprint density at radius 3 is 2.24 bits per heavy atom. The van der Waals surface area contributed by atoms with Gasteiger partial charge in [-0.15, -0.1) is 0 Å². The van der Waals surface area contributed by atoms with Crippen LogP contribution >= 0.6 is 0 Å². The molecule has 2 N–H and O–H groups in total. The van der Waals surface area contributed by atoms with Crippen molar-refractivity contribution in [3.05, 3.63) is 0 Å². The average molecular weight is 298 g/mol. The summed E-state index contributed by atoms with van der Waals surface area (Å²) in [7, 11) is 1.96. The normalized spacial score (nSPS) is 24.1. The molecule has 0 radical (unpaired) electrons. The van der Waals surface area contributed by atoms with Crippen molar-refractivity contribution in [2.24, 2.45) is 11.8 Å². The Bertz CT molecular complexity index is 349. The van der Waals surface area contributed by atoms with Crippen LogP contribution in [0.3, 0.4) is 0 Å². The number of nitrogens with one attached hydrogen (secondary N) is 1. The minimum Gasteiger partial charge on any atom is -0.396 e. The molecule has 21 heavy (non-hydrogen) atoms. The van der Waals surface area contributed by atoms with Crippen molar-refractivity contribution in [3.63, 3.8) is 0 Å². The van der Waals surface area contributed by atoms with Gasteiger partial charge in [-0.3, -0.25) is 14.5 Å². The maximum Gasteiger partial charge on any atom is 0.234 e. The fraction of sp³-hybridized carbons (Fsp3) is 0.875. The van der Waals surface area contributed by atoms with Gasteiger partial charge in [-0.1, -0.05) is 13.8 Å². The first-order valence-electron chi connectivity index (χ1n) is 7.96. The van der Waals surface area contributed by atoms with Gasteiger partial charge in [0.15, 0.2) is 5.78 Å². The largest absolute Gasteiger partial charge is 0.396 e. The van der Waals surface area contributed by atoms with Crippen molar-refractivity contribution in [2.45, 2.75) is 58.5 Å². The van der Waals surface area contributed by atoms with Crippen LogP contribution in [0, 0.1) is 11.8 Å². The van der Waals surface area contributed by atoms with Crippen molar-refractivity contribution in [1.29, 1.82) is 0 Å². The fourth-order valence-corrected chi connectivity index (χ4v) is 3.08. The molecule has 0 bridgehead atoms. The van der Waals surface area contributed by atoms with E-state index in [2.05, 4.69) is 10.2 Å². The van der Waals surface area contributed by atoms with Crippen molar-refractivity contribution in [3.8, 4) is 0 Å². The van der Waals surface area contributed by atoms with Crippen LogP contribution in [0.25, 0.3) is 0 Å². The summed E-state index contributed by atoms with van der Waals surface area (Å²) in [6.07, 6.45) is 4.09. The van der Waals surface area contributed by atoms with E-state index in [1.165, 1.54) is 6.92 Å². The SMILES string of the molecule is CC(=O)C(NC(=O)CN(C)C1CCC(CO)CC1)C(C)C. The molecule has 1 fully saturated rings. The summed E-state index contributed by atoms with van der Waals surface area (Å²) in [5.74, 6) is 0.448. The number of Topliss-reactive ketones (excluding diaryl/α,β-unsaturated/α-hetero) is 1. The molecule has 5 heteroatoms. The van der Waals surface area contributed by atoms with Crippen LogP contribution in [0.2, 0.25) is 0 Å². The third-order valence-corrected chi connectivity index (χ3v) is 4.51. The Balaban J connectivity index is 2.42. The standard InChI is InChI=1S/C16H30N2O3/c1-11(2)16(12(3)20)17-15(21)9-18(4)14-7-5-13(10-19)6-8-14/h11,13-14,16,19H,5-10H2,1-4H3,(H,17,21). The van der Waals surface area contributed by atoms with Crippen LogP contribution in [0.15, 0.2) is 0 Å². The second kappa shape index (κ2) is 8.49. The zero-order chi connectivity index (χ0) is 16.0. The van der Waals surface area contributed by atoms with Gasteiger partial charge in [0.05, 0.1) is 12.6 Å². The van der Waals surface area contributed by atoms with Gasteiger partial charge < -0.3 is 10.4 Å². The molecular formula is C16H30N2O3. The van der Waals surface area contributed by atoms with E-state index in [-0.39, 0.29) is 24.2 Å². The van der Waals surface area contributed by atoms with Gasteiger partial charge in [0.2, 0.25) is 5.91 Å². The van der Waals surface area contributed by atoms with Crippen LogP contribution in [-0.4, -0.2) is 54.0 Å². The van der Waals surface area contributed by atoms with Crippen molar-refractivity contribution in [1.82, 2.24) is 10.2 Å². The van der Waals surface area contributed by atoms with E-state index in [1.807, 2.05) is 20.9 Å². The van der Waals surface area contributed by atoms with Crippen LogP contribution in [-0.2, 0) is 9.59 Å². The summed E-state index contributed by atoms with van der Waals surface area (Å²) in [6, 6.07) is 0.00408. The monoisotopic (exact) mass is 298 g/mol. The third kappa shape index (κ3) is 5.75. The smallest absolute Gasteiger partial charge is 0.234 e. The molecule has 0 heterocycles. The van der Waals surface area contributed by atoms with Crippen molar-refractivity contribution >= 4 is 11.7 Å². The van der Waals surface area contributed by atoms with E-state index in [4.69, 9.17) is 5.11 Å². The lowest BCUT2D eigenvalue weighted by Gasteiger charge is -2.34. The summed E-state index contributed by atoms with van der Waals surface area (Å²) in [6.45, 7) is 5.99. The number of ketones is 1. The first-order chi connectivity index (χ1) is 9.85. The van der Waals surface area contributed by atoms with E-state index in [1.54, 1.807) is 0 Å². The molecule has 0 aromatic carbocycles. The molecule has 1 atom stereocenters. The molecule has 0 aliphatic heterocycles. The quantitative estimate of drug-likeness (QED) is 0.741. The molecule has 1 rings (SSSR count). The minimum atomic E-state index is -0.393. The first-order valence-corrected chi connectivity index (χ1v) is 7.96. The van der Waals surface area contributed by atoms with E-state index < -0.39 is 6.04 Å². The third-order valence-electron chi connectivity index (χ3n) is 4.51. The number of aliphatic hydroxyl groups excluding tert-OH is 1. The lowest BCUT2D eigenvalue weighted by molar-refractivity contribution is -0.128. The molecule has 0 aromatic rings. The molecule has 1 aliphatic rings. The zero-order valence-corrected chi connectivity index (χ0v) is 13.8. The number of nitrogens with zero attached hydrogens (tertiary/aromatic N) is 1. The summed E-state index contributed by atoms with van der Waals surface area (Å²) in [4.78, 5) is 25.7. The van der Waals surface area contributed by atoms with E-state index in [0.717, 1.165) is 25.7 Å². The number of hydrogen-bond acceptors (Lipinski definition) is 4. The molecular weight excluding hydrogens is 268 g/mol. The zero-order valence-electron chi connectivity index (χ0n) is 13.8. The van der Waals surface area contributed by atoms with E-state index in [0.29, 0.717) is 18.5 Å². The van der Waals surface area contributed by atoms with Crippen molar-refractivity contribution < 1.29 is 14.7 Å². The van der Waals surface area contributed by atoms with E-state index >= 15 is 0 Å². The molecule has 122 valence electrons. The summed E-state index contributed by atoms with van der Waals surface area (Å²) in [5, 5.41) is 12.0. The maximum atomic E-state index is 12.1. The van der Waals surface area contributed by atoms with Crippen LogP contribution < -0.4 is 5.32 Å². The molecule has 5 nitrogen and oxygen atoms in total. The first kappa shape index (κ1) is 18.1. The molecule has 1 amide bonds.